The van der Waals surface area contributed by atoms with E-state index in [1.165, 1.54) is 30.8 Å². The van der Waals surface area contributed by atoms with Crippen molar-refractivity contribution in [1.29, 1.82) is 0 Å². The maximum absolute atomic E-state index is 5.62. The quantitative estimate of drug-likeness (QED) is 0.594. The van der Waals surface area contributed by atoms with E-state index in [1.807, 2.05) is 5.38 Å². The Morgan fingerprint density at radius 3 is 3.00 bits per heavy atom. The van der Waals surface area contributed by atoms with Crippen LogP contribution in [0.5, 0.6) is 0 Å². The molecule has 1 heterocycles. The van der Waals surface area contributed by atoms with Crippen LogP contribution in [0, 0.1) is 11.8 Å². The van der Waals surface area contributed by atoms with Crippen LogP contribution in [0.4, 0.5) is 0 Å². The normalized spacial score (nSPS) is 29.3. The molecule has 0 saturated heterocycles. The van der Waals surface area contributed by atoms with E-state index < -0.39 is 0 Å². The number of hydrazine groups is 1. The Balaban J connectivity index is 2.13. The van der Waals surface area contributed by atoms with E-state index in [-0.39, 0.29) is 6.04 Å². The van der Waals surface area contributed by atoms with Crippen LogP contribution < -0.4 is 11.3 Å². The van der Waals surface area contributed by atoms with Gasteiger partial charge in [0.15, 0.2) is 0 Å². The molecule has 3 unspecified atom stereocenters. The Morgan fingerprint density at radius 2 is 2.50 bits per heavy atom. The van der Waals surface area contributed by atoms with E-state index in [9.17, 15) is 0 Å². The van der Waals surface area contributed by atoms with Crippen molar-refractivity contribution in [2.75, 3.05) is 0 Å². The zero-order valence-electron chi connectivity index (χ0n) is 8.44. The molecule has 1 aliphatic carbocycles. The van der Waals surface area contributed by atoms with E-state index in [0.717, 1.165) is 11.6 Å². The van der Waals surface area contributed by atoms with Gasteiger partial charge in [0.1, 0.15) is 0 Å². The van der Waals surface area contributed by atoms with E-state index in [4.69, 9.17) is 5.84 Å². The van der Waals surface area contributed by atoms with Crippen LogP contribution in [0.2, 0.25) is 0 Å². The first-order valence-corrected chi connectivity index (χ1v) is 6.03. The fourth-order valence-corrected chi connectivity index (χ4v) is 3.04. The van der Waals surface area contributed by atoms with Gasteiger partial charge in [0, 0.05) is 5.38 Å². The highest BCUT2D eigenvalue weighted by Gasteiger charge is 2.32. The number of aromatic nitrogens is 1. The first-order valence-electron chi connectivity index (χ1n) is 5.19. The summed E-state index contributed by atoms with van der Waals surface area (Å²) in [5.41, 5.74) is 4.03. The van der Waals surface area contributed by atoms with Gasteiger partial charge < -0.3 is 0 Å². The SMILES string of the molecule is CC1CCCC1C(NN)c1ccsn1. The van der Waals surface area contributed by atoms with Crippen molar-refractivity contribution < 1.29 is 0 Å². The predicted octanol–water partition coefficient (Wildman–Crippen LogP) is 2.08. The minimum Gasteiger partial charge on any atom is -0.271 e. The molecule has 0 radical (unpaired) electrons. The Hall–Kier alpha value is -0.450. The lowest BCUT2D eigenvalue weighted by atomic mass is 9.89. The molecule has 14 heavy (non-hydrogen) atoms. The molecular weight excluding hydrogens is 194 g/mol. The van der Waals surface area contributed by atoms with Crippen molar-refractivity contribution in [2.24, 2.45) is 17.7 Å². The Morgan fingerprint density at radius 1 is 1.64 bits per heavy atom. The average Bonchev–Trinajstić information content (AvgIpc) is 2.80. The number of hydrogen-bond donors (Lipinski definition) is 2. The smallest absolute Gasteiger partial charge is 0.0728 e. The second-order valence-electron chi connectivity index (χ2n) is 4.14. The third kappa shape index (κ3) is 1.82. The minimum absolute atomic E-state index is 0.249. The Kier molecular flexibility index (Phi) is 3.15. The topological polar surface area (TPSA) is 50.9 Å². The summed E-state index contributed by atoms with van der Waals surface area (Å²) in [4.78, 5) is 0. The van der Waals surface area contributed by atoms with E-state index in [0.29, 0.717) is 5.92 Å². The molecule has 1 aliphatic rings. The molecule has 2 rings (SSSR count). The van der Waals surface area contributed by atoms with Crippen LogP contribution in [0.15, 0.2) is 11.4 Å². The molecule has 0 aliphatic heterocycles. The molecule has 78 valence electrons. The number of nitrogens with one attached hydrogen (secondary N) is 1. The molecule has 0 aromatic carbocycles. The summed E-state index contributed by atoms with van der Waals surface area (Å²) in [6, 6.07) is 2.32. The van der Waals surface area contributed by atoms with Gasteiger partial charge in [-0.25, -0.2) is 0 Å². The van der Waals surface area contributed by atoms with E-state index >= 15 is 0 Å². The van der Waals surface area contributed by atoms with Gasteiger partial charge >= 0.3 is 0 Å². The van der Waals surface area contributed by atoms with Crippen molar-refractivity contribution in [1.82, 2.24) is 9.80 Å². The van der Waals surface area contributed by atoms with E-state index in [1.54, 1.807) is 0 Å². The maximum atomic E-state index is 5.62. The molecule has 0 amide bonds. The molecular formula is C10H17N3S. The molecule has 0 bridgehead atoms. The summed E-state index contributed by atoms with van der Waals surface area (Å²) in [5, 5.41) is 2.01. The highest BCUT2D eigenvalue weighted by molar-refractivity contribution is 7.03. The van der Waals surface area contributed by atoms with Crippen molar-refractivity contribution in [3.8, 4) is 0 Å². The van der Waals surface area contributed by atoms with Gasteiger partial charge in [-0.05, 0) is 35.9 Å². The average molecular weight is 211 g/mol. The summed E-state index contributed by atoms with van der Waals surface area (Å²) in [5.74, 6) is 7.04. The standard InChI is InChI=1S/C10H17N3S/c1-7-3-2-4-8(7)10(12-11)9-5-6-14-13-9/h5-8,10,12H,2-4,11H2,1H3. The van der Waals surface area contributed by atoms with Crippen molar-refractivity contribution in [3.63, 3.8) is 0 Å². The zero-order chi connectivity index (χ0) is 9.97. The van der Waals surface area contributed by atoms with Crippen LogP contribution in [-0.2, 0) is 0 Å². The molecule has 3 nitrogen and oxygen atoms in total. The Labute approximate surface area is 88.8 Å². The number of nitrogens with zero attached hydrogens (tertiary/aromatic N) is 1. The lowest BCUT2D eigenvalue weighted by molar-refractivity contribution is 0.301. The van der Waals surface area contributed by atoms with Crippen molar-refractivity contribution in [2.45, 2.75) is 32.2 Å². The summed E-state index contributed by atoms with van der Waals surface area (Å²) in [6.07, 6.45) is 3.93. The zero-order valence-corrected chi connectivity index (χ0v) is 9.26. The molecule has 1 saturated carbocycles. The van der Waals surface area contributed by atoms with Crippen LogP contribution in [0.1, 0.15) is 37.9 Å². The molecule has 3 N–H and O–H groups in total. The van der Waals surface area contributed by atoms with Gasteiger partial charge in [-0.15, -0.1) is 0 Å². The third-order valence-corrected chi connectivity index (χ3v) is 3.89. The van der Waals surface area contributed by atoms with Gasteiger partial charge in [-0.2, -0.15) is 4.37 Å². The molecule has 3 atom stereocenters. The molecule has 4 heteroatoms. The van der Waals surface area contributed by atoms with Gasteiger partial charge in [-0.3, -0.25) is 11.3 Å². The molecule has 1 aromatic rings. The minimum atomic E-state index is 0.249. The highest BCUT2D eigenvalue weighted by Crippen LogP contribution is 2.39. The molecule has 1 aromatic heterocycles. The maximum Gasteiger partial charge on any atom is 0.0728 e. The molecule has 0 spiro atoms. The van der Waals surface area contributed by atoms with E-state index in [2.05, 4.69) is 22.8 Å². The monoisotopic (exact) mass is 211 g/mol. The first-order chi connectivity index (χ1) is 6.83. The summed E-state index contributed by atoms with van der Waals surface area (Å²) < 4.78 is 4.37. The van der Waals surface area contributed by atoms with Gasteiger partial charge in [0.2, 0.25) is 0 Å². The van der Waals surface area contributed by atoms with Crippen molar-refractivity contribution in [3.05, 3.63) is 17.1 Å². The third-order valence-electron chi connectivity index (χ3n) is 3.31. The van der Waals surface area contributed by atoms with Gasteiger partial charge in [0.05, 0.1) is 11.7 Å². The summed E-state index contributed by atoms with van der Waals surface area (Å²) >= 11 is 1.50. The second-order valence-corrected chi connectivity index (χ2v) is 4.81. The number of nitrogens with two attached hydrogens (primary N) is 1. The van der Waals surface area contributed by atoms with Crippen LogP contribution in [-0.4, -0.2) is 4.37 Å². The second kappa shape index (κ2) is 4.38. The van der Waals surface area contributed by atoms with Gasteiger partial charge in [0.25, 0.3) is 0 Å². The molecule has 1 fully saturated rings. The van der Waals surface area contributed by atoms with Crippen molar-refractivity contribution >= 4 is 11.5 Å². The van der Waals surface area contributed by atoms with Crippen LogP contribution >= 0.6 is 11.5 Å². The lowest BCUT2D eigenvalue weighted by Crippen LogP contribution is -2.34. The fourth-order valence-electron chi connectivity index (χ4n) is 2.48. The van der Waals surface area contributed by atoms with Crippen LogP contribution in [0.25, 0.3) is 0 Å². The first kappa shape index (κ1) is 10.1. The highest BCUT2D eigenvalue weighted by atomic mass is 32.1. The summed E-state index contributed by atoms with van der Waals surface area (Å²) in [6.45, 7) is 2.31. The lowest BCUT2D eigenvalue weighted by Gasteiger charge is -2.24. The van der Waals surface area contributed by atoms with Gasteiger partial charge in [-0.1, -0.05) is 19.8 Å². The predicted molar refractivity (Wildman–Crippen MR) is 58.7 cm³/mol. The fraction of sp³-hybridized carbons (Fsp3) is 0.700. The number of rotatable bonds is 3. The largest absolute Gasteiger partial charge is 0.271 e. The Bertz CT molecular complexity index is 273. The number of hydrogen-bond acceptors (Lipinski definition) is 4. The summed E-state index contributed by atoms with van der Waals surface area (Å²) in [7, 11) is 0. The van der Waals surface area contributed by atoms with Crippen LogP contribution in [0.3, 0.4) is 0 Å².